The van der Waals surface area contributed by atoms with Crippen molar-refractivity contribution in [2.24, 2.45) is 0 Å². The number of halogens is 2. The second-order valence-corrected chi connectivity index (χ2v) is 5.86. The monoisotopic (exact) mass is 301 g/mol. The van der Waals surface area contributed by atoms with Crippen LogP contribution in [0.5, 0.6) is 0 Å². The predicted octanol–water partition coefficient (Wildman–Crippen LogP) is 3.86. The maximum absolute atomic E-state index is 6.14. The molecule has 2 rings (SSSR count). The summed E-state index contributed by atoms with van der Waals surface area (Å²) < 4.78 is 0. The molecule has 0 bridgehead atoms. The Balaban J connectivity index is 1.85. The molecule has 1 aromatic rings. The number of nitrogen functional groups attached to an aromatic ring is 1. The first-order valence-electron chi connectivity index (χ1n) is 6.87. The Morgan fingerprint density at radius 2 is 1.63 bits per heavy atom. The van der Waals surface area contributed by atoms with E-state index in [4.69, 9.17) is 28.9 Å². The largest absolute Gasteiger partial charge is 0.399 e. The number of nitrogens with two attached hydrogens (primary N) is 1. The lowest BCUT2D eigenvalue weighted by Crippen LogP contribution is -2.30. The zero-order valence-electron chi connectivity index (χ0n) is 11.1. The van der Waals surface area contributed by atoms with E-state index in [9.17, 15) is 0 Å². The van der Waals surface area contributed by atoms with Crippen molar-refractivity contribution in [3.05, 3.63) is 22.2 Å². The molecular weight excluding hydrogens is 281 g/mol. The molecule has 0 aromatic heterocycles. The molecular formula is C14H21Cl2N3. The highest BCUT2D eigenvalue weighted by molar-refractivity contribution is 6.39. The molecule has 1 aromatic carbocycles. The molecule has 3 N–H and O–H groups in total. The van der Waals surface area contributed by atoms with Crippen molar-refractivity contribution in [2.75, 3.05) is 37.2 Å². The maximum Gasteiger partial charge on any atom is 0.0720 e. The van der Waals surface area contributed by atoms with Crippen molar-refractivity contribution in [3.8, 4) is 0 Å². The molecule has 0 amide bonds. The van der Waals surface area contributed by atoms with Crippen LogP contribution in [0.4, 0.5) is 11.4 Å². The molecule has 19 heavy (non-hydrogen) atoms. The summed E-state index contributed by atoms with van der Waals surface area (Å²) in [6.45, 7) is 4.27. The summed E-state index contributed by atoms with van der Waals surface area (Å²) >= 11 is 12.3. The van der Waals surface area contributed by atoms with E-state index in [1.807, 2.05) is 0 Å². The molecule has 0 radical (unpaired) electrons. The molecule has 1 aliphatic heterocycles. The molecule has 3 nitrogen and oxygen atoms in total. The van der Waals surface area contributed by atoms with Crippen LogP contribution in [-0.2, 0) is 0 Å². The first-order valence-corrected chi connectivity index (χ1v) is 7.63. The third kappa shape index (κ3) is 4.44. The van der Waals surface area contributed by atoms with Gasteiger partial charge in [-0.3, -0.25) is 0 Å². The fourth-order valence-corrected chi connectivity index (χ4v) is 3.10. The van der Waals surface area contributed by atoms with Gasteiger partial charge < -0.3 is 16.0 Å². The zero-order chi connectivity index (χ0) is 13.7. The summed E-state index contributed by atoms with van der Waals surface area (Å²) in [5, 5.41) is 4.48. The van der Waals surface area contributed by atoms with Gasteiger partial charge in [-0.25, -0.2) is 0 Å². The van der Waals surface area contributed by atoms with Crippen LogP contribution in [0, 0.1) is 0 Å². The van der Waals surface area contributed by atoms with E-state index in [2.05, 4.69) is 10.2 Å². The van der Waals surface area contributed by atoms with Gasteiger partial charge in [-0.1, -0.05) is 36.0 Å². The molecule has 0 spiro atoms. The summed E-state index contributed by atoms with van der Waals surface area (Å²) in [6, 6.07) is 3.45. The number of rotatable bonds is 4. The summed E-state index contributed by atoms with van der Waals surface area (Å²) in [5.41, 5.74) is 7.06. The summed E-state index contributed by atoms with van der Waals surface area (Å²) in [7, 11) is 0. The second kappa shape index (κ2) is 7.22. The van der Waals surface area contributed by atoms with Crippen LogP contribution in [0.2, 0.25) is 10.0 Å². The van der Waals surface area contributed by atoms with Crippen LogP contribution < -0.4 is 11.1 Å². The molecule has 5 heteroatoms. The minimum absolute atomic E-state index is 0.584. The average molecular weight is 302 g/mol. The highest BCUT2D eigenvalue weighted by atomic mass is 35.5. The topological polar surface area (TPSA) is 41.3 Å². The van der Waals surface area contributed by atoms with E-state index in [0.717, 1.165) is 18.8 Å². The van der Waals surface area contributed by atoms with E-state index in [1.165, 1.54) is 38.8 Å². The molecule has 1 fully saturated rings. The van der Waals surface area contributed by atoms with E-state index >= 15 is 0 Å². The highest BCUT2D eigenvalue weighted by Crippen LogP contribution is 2.32. The van der Waals surface area contributed by atoms with Gasteiger partial charge in [-0.15, -0.1) is 0 Å². The normalized spacial score (nSPS) is 17.2. The number of hydrogen-bond acceptors (Lipinski definition) is 3. The lowest BCUT2D eigenvalue weighted by atomic mass is 10.2. The van der Waals surface area contributed by atoms with E-state index in [-0.39, 0.29) is 0 Å². The van der Waals surface area contributed by atoms with Gasteiger partial charge in [0.25, 0.3) is 0 Å². The minimum Gasteiger partial charge on any atom is -0.399 e. The van der Waals surface area contributed by atoms with Crippen LogP contribution in [0.1, 0.15) is 25.7 Å². The molecule has 1 aliphatic rings. The Bertz CT molecular complexity index is 392. The van der Waals surface area contributed by atoms with Gasteiger partial charge in [0.2, 0.25) is 0 Å². The standard InChI is InChI=1S/C14H21Cl2N3/c15-12-9-11(17)10-13(16)14(12)18-5-8-19-6-3-1-2-4-7-19/h9-10,18H,1-8,17H2. The number of hydrogen-bond donors (Lipinski definition) is 2. The Labute approximate surface area is 125 Å². The average Bonchev–Trinajstić information content (AvgIpc) is 2.61. The van der Waals surface area contributed by atoms with Gasteiger partial charge in [-0.2, -0.15) is 0 Å². The van der Waals surface area contributed by atoms with Crippen molar-refractivity contribution in [1.29, 1.82) is 0 Å². The van der Waals surface area contributed by atoms with Crippen LogP contribution >= 0.6 is 23.2 Å². The van der Waals surface area contributed by atoms with E-state index < -0.39 is 0 Å². The Kier molecular flexibility index (Phi) is 5.61. The number of anilines is 2. The number of benzene rings is 1. The number of nitrogens with zero attached hydrogens (tertiary/aromatic N) is 1. The fourth-order valence-electron chi connectivity index (χ4n) is 2.46. The summed E-state index contributed by atoms with van der Waals surface area (Å²) in [4.78, 5) is 2.50. The van der Waals surface area contributed by atoms with Gasteiger partial charge >= 0.3 is 0 Å². The van der Waals surface area contributed by atoms with E-state index in [1.54, 1.807) is 12.1 Å². The molecule has 1 heterocycles. The summed E-state index contributed by atoms with van der Waals surface area (Å²) in [5.74, 6) is 0. The van der Waals surface area contributed by atoms with Crippen LogP contribution in [-0.4, -0.2) is 31.1 Å². The van der Waals surface area contributed by atoms with Gasteiger partial charge in [0.05, 0.1) is 15.7 Å². The first-order chi connectivity index (χ1) is 9.16. The molecule has 106 valence electrons. The fraction of sp³-hybridized carbons (Fsp3) is 0.571. The van der Waals surface area contributed by atoms with Crippen LogP contribution in [0.3, 0.4) is 0 Å². The van der Waals surface area contributed by atoms with Gasteiger partial charge in [0.15, 0.2) is 0 Å². The highest BCUT2D eigenvalue weighted by Gasteiger charge is 2.10. The Morgan fingerprint density at radius 3 is 2.21 bits per heavy atom. The lowest BCUT2D eigenvalue weighted by molar-refractivity contribution is 0.296. The van der Waals surface area contributed by atoms with Gasteiger partial charge in [0, 0.05) is 18.8 Å². The van der Waals surface area contributed by atoms with Crippen LogP contribution in [0.25, 0.3) is 0 Å². The van der Waals surface area contributed by atoms with Crippen molar-refractivity contribution in [3.63, 3.8) is 0 Å². The quantitative estimate of drug-likeness (QED) is 0.830. The molecule has 1 saturated heterocycles. The smallest absolute Gasteiger partial charge is 0.0720 e. The first kappa shape index (κ1) is 14.8. The number of nitrogens with one attached hydrogen (secondary N) is 1. The number of likely N-dealkylation sites (tertiary alicyclic amines) is 1. The predicted molar refractivity (Wildman–Crippen MR) is 84.3 cm³/mol. The molecule has 0 atom stereocenters. The van der Waals surface area contributed by atoms with Crippen molar-refractivity contribution in [1.82, 2.24) is 4.90 Å². The SMILES string of the molecule is Nc1cc(Cl)c(NCCN2CCCCCC2)c(Cl)c1. The van der Waals surface area contributed by atoms with Crippen molar-refractivity contribution in [2.45, 2.75) is 25.7 Å². The van der Waals surface area contributed by atoms with Crippen molar-refractivity contribution < 1.29 is 0 Å². The summed E-state index contributed by atoms with van der Waals surface area (Å²) in [6.07, 6.45) is 5.34. The third-order valence-corrected chi connectivity index (χ3v) is 4.09. The molecule has 0 unspecified atom stereocenters. The van der Waals surface area contributed by atoms with Gasteiger partial charge in [0.1, 0.15) is 0 Å². The Hall–Kier alpha value is -0.640. The zero-order valence-corrected chi connectivity index (χ0v) is 12.6. The van der Waals surface area contributed by atoms with Gasteiger partial charge in [-0.05, 0) is 38.1 Å². The molecule has 0 saturated carbocycles. The maximum atomic E-state index is 6.14. The third-order valence-electron chi connectivity index (χ3n) is 3.49. The molecule has 0 aliphatic carbocycles. The second-order valence-electron chi connectivity index (χ2n) is 5.04. The van der Waals surface area contributed by atoms with E-state index in [0.29, 0.717) is 15.7 Å². The van der Waals surface area contributed by atoms with Crippen LogP contribution in [0.15, 0.2) is 12.1 Å². The lowest BCUT2D eigenvalue weighted by Gasteiger charge is -2.20. The Morgan fingerprint density at radius 1 is 1.05 bits per heavy atom. The minimum atomic E-state index is 0.584. The van der Waals surface area contributed by atoms with Crippen molar-refractivity contribution >= 4 is 34.6 Å².